The summed E-state index contributed by atoms with van der Waals surface area (Å²) < 4.78 is 42.9. The van der Waals surface area contributed by atoms with Crippen LogP contribution in [0.25, 0.3) is 0 Å². The second-order valence-electron chi connectivity index (χ2n) is 2.71. The number of nitrogens with zero attached hydrogens (tertiary/aromatic N) is 1. The first kappa shape index (κ1) is 13.2. The Bertz CT molecular complexity index is 412. The van der Waals surface area contributed by atoms with Gasteiger partial charge < -0.3 is 4.74 Å². The Morgan fingerprint density at radius 3 is 2.75 bits per heavy atom. The maximum absolute atomic E-state index is 13.5. The lowest BCUT2D eigenvalue weighted by molar-refractivity contribution is 0.0508. The molecule has 7 heteroatoms. The summed E-state index contributed by atoms with van der Waals surface area (Å²) in [6.45, 7) is 1.49. The molecule has 1 rings (SSSR count). The molecule has 0 atom stereocenters. The van der Waals surface area contributed by atoms with E-state index in [-0.39, 0.29) is 10.3 Å². The van der Waals surface area contributed by atoms with Gasteiger partial charge in [0.1, 0.15) is 9.26 Å². The average Bonchev–Trinajstić information content (AvgIpc) is 2.21. The summed E-state index contributed by atoms with van der Waals surface area (Å²) in [6, 6.07) is 0. The van der Waals surface area contributed by atoms with Crippen LogP contribution in [0.4, 0.5) is 13.2 Å². The zero-order chi connectivity index (χ0) is 12.3. The fourth-order valence-electron chi connectivity index (χ4n) is 1.05. The Kier molecular flexibility index (Phi) is 4.51. The normalized spacial score (nSPS) is 10.6. The standard InChI is InChI=1S/C9H7F3INO2/c1-2-16-9(15)5-4(7(11)12)3-14-8(13)6(5)10/h3,7H,2H2,1H3. The molecule has 0 N–H and O–H groups in total. The first-order valence-electron chi connectivity index (χ1n) is 4.28. The van der Waals surface area contributed by atoms with Crippen molar-refractivity contribution < 1.29 is 22.7 Å². The highest BCUT2D eigenvalue weighted by Crippen LogP contribution is 2.26. The minimum Gasteiger partial charge on any atom is -0.462 e. The molecule has 0 fully saturated rings. The van der Waals surface area contributed by atoms with Crippen molar-refractivity contribution in [1.82, 2.24) is 4.98 Å². The lowest BCUT2D eigenvalue weighted by atomic mass is 10.1. The molecule has 1 aromatic rings. The Morgan fingerprint density at radius 1 is 1.62 bits per heavy atom. The molecule has 88 valence electrons. The zero-order valence-electron chi connectivity index (χ0n) is 8.14. The van der Waals surface area contributed by atoms with Crippen molar-refractivity contribution in [2.24, 2.45) is 0 Å². The number of rotatable bonds is 3. The molecule has 0 aromatic carbocycles. The van der Waals surface area contributed by atoms with Gasteiger partial charge in [-0.25, -0.2) is 22.9 Å². The Hall–Kier alpha value is -0.860. The van der Waals surface area contributed by atoms with Gasteiger partial charge >= 0.3 is 5.97 Å². The van der Waals surface area contributed by atoms with Gasteiger partial charge in [-0.15, -0.1) is 0 Å². The van der Waals surface area contributed by atoms with E-state index in [0.29, 0.717) is 0 Å². The van der Waals surface area contributed by atoms with E-state index in [1.54, 1.807) is 0 Å². The van der Waals surface area contributed by atoms with Crippen LogP contribution in [0.15, 0.2) is 6.20 Å². The van der Waals surface area contributed by atoms with Crippen molar-refractivity contribution >= 4 is 28.6 Å². The van der Waals surface area contributed by atoms with E-state index in [2.05, 4.69) is 9.72 Å². The van der Waals surface area contributed by atoms with Gasteiger partial charge in [-0.05, 0) is 29.5 Å². The number of hydrogen-bond acceptors (Lipinski definition) is 3. The van der Waals surface area contributed by atoms with Crippen molar-refractivity contribution in [3.63, 3.8) is 0 Å². The summed E-state index contributed by atoms with van der Waals surface area (Å²) in [5.74, 6) is -2.17. The van der Waals surface area contributed by atoms with E-state index in [9.17, 15) is 18.0 Å². The molecule has 0 spiro atoms. The van der Waals surface area contributed by atoms with Gasteiger partial charge in [0.2, 0.25) is 0 Å². The summed E-state index contributed by atoms with van der Waals surface area (Å²) in [7, 11) is 0. The minimum absolute atomic E-state index is 0.0140. The van der Waals surface area contributed by atoms with E-state index < -0.39 is 29.3 Å². The van der Waals surface area contributed by atoms with E-state index >= 15 is 0 Å². The fraction of sp³-hybridized carbons (Fsp3) is 0.333. The SMILES string of the molecule is CCOC(=O)c1c(C(F)F)cnc(I)c1F. The van der Waals surface area contributed by atoms with Crippen LogP contribution in [0.2, 0.25) is 0 Å². The van der Waals surface area contributed by atoms with E-state index in [0.717, 1.165) is 6.20 Å². The third kappa shape index (κ3) is 2.63. The molecular formula is C9H7F3INO2. The van der Waals surface area contributed by atoms with Crippen LogP contribution >= 0.6 is 22.6 Å². The topological polar surface area (TPSA) is 39.2 Å². The molecule has 1 heterocycles. The molecule has 0 saturated heterocycles. The maximum Gasteiger partial charge on any atom is 0.341 e. The summed E-state index contributed by atoms with van der Waals surface area (Å²) in [4.78, 5) is 14.7. The molecule has 0 aliphatic heterocycles. The summed E-state index contributed by atoms with van der Waals surface area (Å²) in [5, 5.41) is 0. The predicted octanol–water partition coefficient (Wildman–Crippen LogP) is 2.94. The molecule has 0 unspecified atom stereocenters. The van der Waals surface area contributed by atoms with Crippen molar-refractivity contribution in [2.75, 3.05) is 6.61 Å². The summed E-state index contributed by atoms with van der Waals surface area (Å²) in [5.41, 5.74) is -1.49. The van der Waals surface area contributed by atoms with Gasteiger partial charge in [0.25, 0.3) is 6.43 Å². The highest BCUT2D eigenvalue weighted by molar-refractivity contribution is 14.1. The molecule has 0 bridgehead atoms. The summed E-state index contributed by atoms with van der Waals surface area (Å²) in [6.07, 6.45) is -2.19. The second-order valence-corrected chi connectivity index (χ2v) is 3.74. The van der Waals surface area contributed by atoms with Gasteiger partial charge in [0, 0.05) is 6.20 Å². The number of carbonyl (C=O) groups is 1. The molecule has 0 aliphatic rings. The highest BCUT2D eigenvalue weighted by atomic mass is 127. The zero-order valence-corrected chi connectivity index (χ0v) is 10.3. The third-order valence-corrected chi connectivity index (χ3v) is 2.47. The molecule has 16 heavy (non-hydrogen) atoms. The van der Waals surface area contributed by atoms with Crippen molar-refractivity contribution in [2.45, 2.75) is 13.3 Å². The van der Waals surface area contributed by atoms with E-state index in [1.807, 2.05) is 0 Å². The van der Waals surface area contributed by atoms with Gasteiger partial charge in [0.15, 0.2) is 5.82 Å². The quantitative estimate of drug-likeness (QED) is 0.480. The molecule has 3 nitrogen and oxygen atoms in total. The van der Waals surface area contributed by atoms with Gasteiger partial charge in [-0.2, -0.15) is 0 Å². The van der Waals surface area contributed by atoms with Crippen LogP contribution in [0, 0.1) is 9.52 Å². The number of ether oxygens (including phenoxy) is 1. The highest BCUT2D eigenvalue weighted by Gasteiger charge is 2.26. The average molecular weight is 345 g/mol. The number of alkyl halides is 2. The van der Waals surface area contributed by atoms with Crippen LogP contribution < -0.4 is 0 Å². The number of halogens is 4. The van der Waals surface area contributed by atoms with Crippen molar-refractivity contribution in [3.8, 4) is 0 Å². The lowest BCUT2D eigenvalue weighted by Gasteiger charge is -2.09. The van der Waals surface area contributed by atoms with Gasteiger partial charge in [-0.3, -0.25) is 0 Å². The van der Waals surface area contributed by atoms with Gasteiger partial charge in [0.05, 0.1) is 12.2 Å². The molecule has 0 amide bonds. The van der Waals surface area contributed by atoms with E-state index in [4.69, 9.17) is 0 Å². The summed E-state index contributed by atoms with van der Waals surface area (Å²) >= 11 is 1.51. The fourth-order valence-corrected chi connectivity index (χ4v) is 1.46. The smallest absolute Gasteiger partial charge is 0.341 e. The lowest BCUT2D eigenvalue weighted by Crippen LogP contribution is -2.13. The molecule has 0 aliphatic carbocycles. The Labute approximate surface area is 103 Å². The van der Waals surface area contributed by atoms with Crippen molar-refractivity contribution in [1.29, 1.82) is 0 Å². The first-order valence-corrected chi connectivity index (χ1v) is 5.36. The number of hydrogen-bond donors (Lipinski definition) is 0. The molecule has 0 saturated carbocycles. The number of esters is 1. The number of pyridine rings is 1. The predicted molar refractivity (Wildman–Crippen MR) is 57.8 cm³/mol. The number of carbonyl (C=O) groups excluding carboxylic acids is 1. The molecule has 0 radical (unpaired) electrons. The molecule has 1 aromatic heterocycles. The second kappa shape index (κ2) is 5.46. The first-order chi connectivity index (χ1) is 7.49. The largest absolute Gasteiger partial charge is 0.462 e. The van der Waals surface area contributed by atoms with Crippen LogP contribution in [0.1, 0.15) is 29.3 Å². The third-order valence-electron chi connectivity index (χ3n) is 1.72. The Morgan fingerprint density at radius 2 is 2.25 bits per heavy atom. The van der Waals surface area contributed by atoms with Crippen LogP contribution in [-0.2, 0) is 4.74 Å². The molecular weight excluding hydrogens is 338 g/mol. The van der Waals surface area contributed by atoms with E-state index in [1.165, 1.54) is 29.5 Å². The van der Waals surface area contributed by atoms with Crippen LogP contribution in [-0.4, -0.2) is 17.6 Å². The monoisotopic (exact) mass is 345 g/mol. The van der Waals surface area contributed by atoms with Crippen LogP contribution in [0.3, 0.4) is 0 Å². The minimum atomic E-state index is -2.97. The van der Waals surface area contributed by atoms with Crippen LogP contribution in [0.5, 0.6) is 0 Å². The van der Waals surface area contributed by atoms with Crippen molar-refractivity contribution in [3.05, 3.63) is 26.8 Å². The van der Waals surface area contributed by atoms with Gasteiger partial charge in [-0.1, -0.05) is 0 Å². The number of aromatic nitrogens is 1. The Balaban J connectivity index is 3.31. The maximum atomic E-state index is 13.5.